The van der Waals surface area contributed by atoms with Crippen LogP contribution in [0.3, 0.4) is 0 Å². The minimum absolute atomic E-state index is 0.185. The van der Waals surface area contributed by atoms with Crippen molar-refractivity contribution in [3.8, 4) is 0 Å². The highest BCUT2D eigenvalue weighted by Crippen LogP contribution is 2.20. The number of carbonyl (C=O) groups is 6. The lowest BCUT2D eigenvalue weighted by Gasteiger charge is -2.30. The van der Waals surface area contributed by atoms with Gasteiger partial charge in [0.15, 0.2) is 0 Å². The molecule has 0 aromatic heterocycles. The molecule has 0 spiro atoms. The molecule has 1 aliphatic rings. The van der Waals surface area contributed by atoms with Crippen molar-refractivity contribution in [2.24, 2.45) is 17.2 Å². The quantitative estimate of drug-likeness (QED) is 0.125. The molecule has 186 valence electrons. The second-order valence-corrected chi connectivity index (χ2v) is 7.81. The predicted molar refractivity (Wildman–Crippen MR) is 113 cm³/mol. The summed E-state index contributed by atoms with van der Waals surface area (Å²) in [6.45, 7) is 0.551. The van der Waals surface area contributed by atoms with Crippen molar-refractivity contribution in [3.63, 3.8) is 0 Å². The van der Waals surface area contributed by atoms with E-state index < -0.39 is 72.6 Å². The maximum atomic E-state index is 13.2. The number of nitrogens with zero attached hydrogens (tertiary/aromatic N) is 1. The number of carboxylic acid groups (broad SMARTS) is 2. The number of nitrogens with one attached hydrogen (secondary N) is 2. The van der Waals surface area contributed by atoms with Gasteiger partial charge in [0.05, 0.1) is 18.9 Å². The van der Waals surface area contributed by atoms with Gasteiger partial charge in [-0.25, -0.2) is 4.79 Å². The lowest BCUT2D eigenvalue weighted by molar-refractivity contribution is -0.148. The second-order valence-electron chi connectivity index (χ2n) is 7.81. The molecule has 14 heteroatoms. The van der Waals surface area contributed by atoms with Crippen molar-refractivity contribution in [3.05, 3.63) is 0 Å². The van der Waals surface area contributed by atoms with Crippen LogP contribution in [0, 0.1) is 0 Å². The van der Waals surface area contributed by atoms with Crippen molar-refractivity contribution in [2.45, 2.75) is 69.1 Å². The number of hydrogen-bond donors (Lipinski definition) is 7. The molecule has 0 radical (unpaired) electrons. The van der Waals surface area contributed by atoms with E-state index in [9.17, 15) is 28.8 Å². The molecule has 1 rings (SSSR count). The van der Waals surface area contributed by atoms with Gasteiger partial charge in [0.25, 0.3) is 0 Å². The van der Waals surface area contributed by atoms with E-state index in [-0.39, 0.29) is 19.4 Å². The summed E-state index contributed by atoms with van der Waals surface area (Å²) in [5.74, 6) is -5.84. The molecule has 14 nitrogen and oxygen atoms in total. The van der Waals surface area contributed by atoms with E-state index in [2.05, 4.69) is 10.6 Å². The Hall–Kier alpha value is -3.26. The minimum atomic E-state index is -1.65. The molecule has 1 fully saturated rings. The summed E-state index contributed by atoms with van der Waals surface area (Å²) in [7, 11) is 0. The number of amides is 4. The molecule has 0 bridgehead atoms. The van der Waals surface area contributed by atoms with Crippen LogP contribution in [0.1, 0.15) is 44.9 Å². The summed E-state index contributed by atoms with van der Waals surface area (Å²) in [5.41, 5.74) is 16.2. The van der Waals surface area contributed by atoms with Gasteiger partial charge in [0, 0.05) is 6.54 Å². The Bertz CT molecular complexity index is 761. The second kappa shape index (κ2) is 13.3. The van der Waals surface area contributed by atoms with Gasteiger partial charge in [-0.1, -0.05) is 0 Å². The zero-order chi connectivity index (χ0) is 25.1. The van der Waals surface area contributed by atoms with Gasteiger partial charge in [-0.15, -0.1) is 0 Å². The number of likely N-dealkylation sites (tertiary alicyclic amines) is 1. The maximum Gasteiger partial charge on any atom is 0.326 e. The average molecular weight is 472 g/mol. The molecule has 33 heavy (non-hydrogen) atoms. The summed E-state index contributed by atoms with van der Waals surface area (Å²) in [4.78, 5) is 72.6. The summed E-state index contributed by atoms with van der Waals surface area (Å²) in [6, 6.07) is -4.98. The molecule has 10 N–H and O–H groups in total. The van der Waals surface area contributed by atoms with E-state index >= 15 is 0 Å². The van der Waals surface area contributed by atoms with Crippen LogP contribution in [0.25, 0.3) is 0 Å². The summed E-state index contributed by atoms with van der Waals surface area (Å²) in [6.07, 6.45) is 0.718. The van der Waals surface area contributed by atoms with Gasteiger partial charge in [0.2, 0.25) is 23.6 Å². The van der Waals surface area contributed by atoms with Gasteiger partial charge in [0.1, 0.15) is 18.1 Å². The third-order valence-electron chi connectivity index (χ3n) is 5.15. The molecular formula is C19H32N6O8. The van der Waals surface area contributed by atoms with Gasteiger partial charge in [-0.2, -0.15) is 0 Å². The predicted octanol–water partition coefficient (Wildman–Crippen LogP) is -3.16. The van der Waals surface area contributed by atoms with Gasteiger partial charge in [-0.05, 0) is 38.6 Å². The Morgan fingerprint density at radius 1 is 1.00 bits per heavy atom. The van der Waals surface area contributed by atoms with Crippen LogP contribution in [-0.2, 0) is 28.8 Å². The molecule has 0 saturated carbocycles. The lowest BCUT2D eigenvalue weighted by atomic mass is 10.1. The largest absolute Gasteiger partial charge is 0.481 e. The number of rotatable bonds is 14. The van der Waals surface area contributed by atoms with Gasteiger partial charge in [-0.3, -0.25) is 24.0 Å². The first-order chi connectivity index (χ1) is 15.5. The molecule has 1 aliphatic heterocycles. The third-order valence-corrected chi connectivity index (χ3v) is 5.15. The summed E-state index contributed by atoms with van der Waals surface area (Å²) >= 11 is 0. The van der Waals surface area contributed by atoms with Crippen LogP contribution >= 0.6 is 0 Å². The Balaban J connectivity index is 2.95. The minimum Gasteiger partial charge on any atom is -0.481 e. The van der Waals surface area contributed by atoms with Crippen LogP contribution in [0.2, 0.25) is 0 Å². The number of carbonyl (C=O) groups excluding carboxylic acids is 4. The smallest absolute Gasteiger partial charge is 0.326 e. The van der Waals surface area contributed by atoms with E-state index in [1.807, 2.05) is 0 Å². The van der Waals surface area contributed by atoms with Crippen molar-refractivity contribution in [1.82, 2.24) is 15.5 Å². The molecule has 4 unspecified atom stereocenters. The first kappa shape index (κ1) is 27.8. The zero-order valence-corrected chi connectivity index (χ0v) is 18.2. The van der Waals surface area contributed by atoms with E-state index in [0.717, 1.165) is 0 Å². The molecule has 1 saturated heterocycles. The average Bonchev–Trinajstić information content (AvgIpc) is 3.21. The number of primary amides is 1. The first-order valence-corrected chi connectivity index (χ1v) is 10.6. The van der Waals surface area contributed by atoms with Crippen molar-refractivity contribution in [1.29, 1.82) is 0 Å². The highest BCUT2D eigenvalue weighted by molar-refractivity contribution is 5.95. The van der Waals surface area contributed by atoms with Gasteiger partial charge < -0.3 is 42.9 Å². The van der Waals surface area contributed by atoms with Crippen molar-refractivity contribution < 1.29 is 39.0 Å². The molecule has 0 aromatic carbocycles. The molecular weight excluding hydrogens is 440 g/mol. The van der Waals surface area contributed by atoms with Crippen LogP contribution in [0.5, 0.6) is 0 Å². The SMILES string of the molecule is NCCCCC(NC(=O)C(N)CC(N)=O)C(=O)N1CCCC1C(=O)NC(CC(=O)O)C(=O)O. The lowest BCUT2D eigenvalue weighted by Crippen LogP contribution is -2.57. The highest BCUT2D eigenvalue weighted by atomic mass is 16.4. The fourth-order valence-corrected chi connectivity index (χ4v) is 3.48. The number of nitrogens with two attached hydrogens (primary N) is 3. The number of carboxylic acids is 2. The Labute approximate surface area is 190 Å². The van der Waals surface area contributed by atoms with Crippen LogP contribution < -0.4 is 27.8 Å². The van der Waals surface area contributed by atoms with E-state index in [4.69, 9.17) is 27.4 Å². The standard InChI is InChI=1S/C19H32N6O8/c20-6-2-1-4-11(23-16(29)10(21)8-14(22)26)18(31)25-7-3-5-13(25)17(30)24-12(19(32)33)9-15(27)28/h10-13H,1-9,20-21H2,(H2,22,26)(H,23,29)(H,24,30)(H,27,28)(H,32,33). The van der Waals surface area contributed by atoms with Crippen molar-refractivity contribution >= 4 is 35.6 Å². The van der Waals surface area contributed by atoms with E-state index in [0.29, 0.717) is 25.8 Å². The summed E-state index contributed by atoms with van der Waals surface area (Å²) < 4.78 is 0. The number of aliphatic carboxylic acids is 2. The van der Waals surface area contributed by atoms with E-state index in [1.165, 1.54) is 4.90 Å². The topological polar surface area (TPSA) is 248 Å². The molecule has 4 atom stereocenters. The number of unbranched alkanes of at least 4 members (excludes halogenated alkanes) is 1. The van der Waals surface area contributed by atoms with E-state index in [1.54, 1.807) is 0 Å². The fourth-order valence-electron chi connectivity index (χ4n) is 3.48. The summed E-state index contributed by atoms with van der Waals surface area (Å²) in [5, 5.41) is 22.6. The Morgan fingerprint density at radius 3 is 2.21 bits per heavy atom. The molecule has 0 aliphatic carbocycles. The first-order valence-electron chi connectivity index (χ1n) is 10.6. The van der Waals surface area contributed by atoms with Crippen LogP contribution in [0.15, 0.2) is 0 Å². The van der Waals surface area contributed by atoms with Crippen LogP contribution in [0.4, 0.5) is 0 Å². The van der Waals surface area contributed by atoms with Crippen molar-refractivity contribution in [2.75, 3.05) is 13.1 Å². The maximum absolute atomic E-state index is 13.2. The van der Waals surface area contributed by atoms with Crippen LogP contribution in [-0.4, -0.2) is 87.9 Å². The molecule has 0 aromatic rings. The zero-order valence-electron chi connectivity index (χ0n) is 18.2. The monoisotopic (exact) mass is 472 g/mol. The normalized spacial score (nSPS) is 18.1. The molecule has 1 heterocycles. The Kier molecular flexibility index (Phi) is 11.2. The third kappa shape index (κ3) is 9.02. The fraction of sp³-hybridized carbons (Fsp3) is 0.684. The Morgan fingerprint density at radius 2 is 1.67 bits per heavy atom. The number of hydrogen-bond acceptors (Lipinski definition) is 8. The van der Waals surface area contributed by atoms with Gasteiger partial charge >= 0.3 is 11.9 Å². The molecule has 4 amide bonds. The highest BCUT2D eigenvalue weighted by Gasteiger charge is 2.39.